The molecule has 55 heavy (non-hydrogen) atoms. The third kappa shape index (κ3) is 9.64. The Morgan fingerprint density at radius 3 is 2.42 bits per heavy atom. The second kappa shape index (κ2) is 18.1. The average Bonchev–Trinajstić information content (AvgIpc) is 3.87. The molecular weight excluding hydrogens is 726 g/mol. The van der Waals surface area contributed by atoms with Crippen molar-refractivity contribution in [3.05, 3.63) is 135 Å². The van der Waals surface area contributed by atoms with Crippen LogP contribution in [0.15, 0.2) is 91.3 Å². The fraction of sp³-hybridized carbons (Fsp3) is 0.311. The molecule has 3 heterocycles. The molecule has 0 bridgehead atoms. The molecule has 1 saturated heterocycles. The summed E-state index contributed by atoms with van der Waals surface area (Å²) in [5.74, 6) is 2.11. The predicted octanol–water partition coefficient (Wildman–Crippen LogP) is 10.2. The number of nitrogens with zero attached hydrogens (tertiary/aromatic N) is 5. The van der Waals surface area contributed by atoms with Crippen LogP contribution in [0.2, 0.25) is 5.02 Å². The number of benzene rings is 4. The molecule has 7 rings (SSSR count). The van der Waals surface area contributed by atoms with Crippen LogP contribution in [0.5, 0.6) is 17.2 Å². The highest BCUT2D eigenvalue weighted by Gasteiger charge is 2.18. The lowest BCUT2D eigenvalue weighted by atomic mass is 9.93. The average molecular weight is 772 g/mol. The van der Waals surface area contributed by atoms with Crippen molar-refractivity contribution >= 4 is 33.2 Å². The first kappa shape index (κ1) is 38.3. The first-order valence-corrected chi connectivity index (χ1v) is 20.0. The molecule has 8 nitrogen and oxygen atoms in total. The second-order valence-corrected chi connectivity index (χ2v) is 15.7. The van der Waals surface area contributed by atoms with Crippen molar-refractivity contribution in [3.63, 3.8) is 0 Å². The minimum absolute atomic E-state index is 0.236. The SMILES string of the molecule is Cc1c(COc2cc(OCc3cncc(C#N)c3)c(CN(C)Cc3nc4ccccc4s3)cc2Cl)cccc1-c1cccc(OCCCN2CCCC2)c1C. The van der Waals surface area contributed by atoms with E-state index in [1.165, 1.54) is 30.6 Å². The minimum atomic E-state index is 0.236. The summed E-state index contributed by atoms with van der Waals surface area (Å²) >= 11 is 8.64. The normalized spacial score (nSPS) is 13.0. The van der Waals surface area contributed by atoms with E-state index >= 15 is 0 Å². The Kier molecular flexibility index (Phi) is 12.6. The Bertz CT molecular complexity index is 2260. The van der Waals surface area contributed by atoms with Crippen LogP contribution in [-0.4, -0.2) is 53.1 Å². The molecule has 0 unspecified atom stereocenters. The highest BCUT2D eigenvalue weighted by atomic mass is 35.5. The Morgan fingerprint density at radius 2 is 1.60 bits per heavy atom. The Morgan fingerprint density at radius 1 is 0.818 bits per heavy atom. The van der Waals surface area contributed by atoms with Crippen molar-refractivity contribution < 1.29 is 14.2 Å². The van der Waals surface area contributed by atoms with Gasteiger partial charge in [0.05, 0.1) is 34.0 Å². The zero-order chi connectivity index (χ0) is 38.1. The van der Waals surface area contributed by atoms with Crippen molar-refractivity contribution in [3.8, 4) is 34.4 Å². The molecule has 4 aromatic carbocycles. The summed E-state index contributed by atoms with van der Waals surface area (Å²) in [5, 5.41) is 10.9. The van der Waals surface area contributed by atoms with Gasteiger partial charge in [-0.1, -0.05) is 54.1 Å². The number of thiazole rings is 1. The number of fused-ring (bicyclic) bond motifs is 1. The largest absolute Gasteiger partial charge is 0.493 e. The number of pyridine rings is 1. The number of nitriles is 1. The lowest BCUT2D eigenvalue weighted by Gasteiger charge is -2.20. The van der Waals surface area contributed by atoms with Crippen LogP contribution >= 0.6 is 22.9 Å². The molecule has 0 saturated carbocycles. The van der Waals surface area contributed by atoms with E-state index in [2.05, 4.69) is 84.2 Å². The number of hydrogen-bond acceptors (Lipinski definition) is 9. The highest BCUT2D eigenvalue weighted by molar-refractivity contribution is 7.18. The first-order valence-electron chi connectivity index (χ1n) is 18.8. The van der Waals surface area contributed by atoms with Crippen molar-refractivity contribution in [2.24, 2.45) is 0 Å². The number of para-hydroxylation sites is 1. The van der Waals surface area contributed by atoms with Gasteiger partial charge in [-0.2, -0.15) is 5.26 Å². The van der Waals surface area contributed by atoms with E-state index in [1.807, 2.05) is 30.3 Å². The third-order valence-corrected chi connectivity index (χ3v) is 11.4. The van der Waals surface area contributed by atoms with Crippen LogP contribution in [0.25, 0.3) is 21.3 Å². The summed E-state index contributed by atoms with van der Waals surface area (Å²) in [7, 11) is 2.06. The van der Waals surface area contributed by atoms with Gasteiger partial charge in [-0.25, -0.2) is 4.98 Å². The van der Waals surface area contributed by atoms with E-state index in [0.29, 0.717) is 48.4 Å². The molecule has 10 heteroatoms. The number of aromatic nitrogens is 2. The van der Waals surface area contributed by atoms with E-state index < -0.39 is 0 Å². The van der Waals surface area contributed by atoms with Gasteiger partial charge in [-0.3, -0.25) is 9.88 Å². The lowest BCUT2D eigenvalue weighted by molar-refractivity contribution is 0.262. The molecule has 0 atom stereocenters. The Balaban J connectivity index is 1.07. The predicted molar refractivity (Wildman–Crippen MR) is 221 cm³/mol. The number of likely N-dealkylation sites (tertiary alicyclic amines) is 1. The van der Waals surface area contributed by atoms with Crippen LogP contribution in [0.3, 0.4) is 0 Å². The van der Waals surface area contributed by atoms with Gasteiger partial charge in [0.15, 0.2) is 0 Å². The number of rotatable bonds is 16. The van der Waals surface area contributed by atoms with E-state index in [0.717, 1.165) is 68.2 Å². The van der Waals surface area contributed by atoms with Crippen molar-refractivity contribution in [2.75, 3.05) is 33.3 Å². The number of halogens is 1. The van der Waals surface area contributed by atoms with Crippen LogP contribution in [-0.2, 0) is 26.3 Å². The molecule has 2 aromatic heterocycles. The fourth-order valence-corrected chi connectivity index (χ4v) is 8.41. The first-order chi connectivity index (χ1) is 26.8. The van der Waals surface area contributed by atoms with E-state index in [1.54, 1.807) is 29.8 Å². The van der Waals surface area contributed by atoms with E-state index in [4.69, 9.17) is 30.8 Å². The smallest absolute Gasteiger partial charge is 0.142 e. The fourth-order valence-electron chi connectivity index (χ4n) is 7.12. The molecule has 0 amide bonds. The van der Waals surface area contributed by atoms with E-state index in [-0.39, 0.29) is 6.61 Å². The van der Waals surface area contributed by atoms with Gasteiger partial charge < -0.3 is 19.1 Å². The zero-order valence-corrected chi connectivity index (χ0v) is 33.3. The van der Waals surface area contributed by atoms with Gasteiger partial charge >= 0.3 is 0 Å². The number of hydrogen-bond donors (Lipinski definition) is 0. The number of ether oxygens (including phenoxy) is 3. The molecule has 1 aliphatic rings. The maximum Gasteiger partial charge on any atom is 0.142 e. The minimum Gasteiger partial charge on any atom is -0.493 e. The zero-order valence-electron chi connectivity index (χ0n) is 31.7. The van der Waals surface area contributed by atoms with Gasteiger partial charge in [-0.15, -0.1) is 11.3 Å². The van der Waals surface area contributed by atoms with Crippen LogP contribution in [0.1, 0.15) is 57.7 Å². The summed E-state index contributed by atoms with van der Waals surface area (Å²) in [6, 6.07) is 28.6. The lowest BCUT2D eigenvalue weighted by Crippen LogP contribution is -2.22. The molecule has 0 spiro atoms. The summed E-state index contributed by atoms with van der Waals surface area (Å²) in [4.78, 5) is 13.7. The molecule has 0 N–H and O–H groups in total. The molecule has 6 aromatic rings. The molecular formula is C45H46ClN5O3S. The van der Waals surface area contributed by atoms with Crippen molar-refractivity contribution in [2.45, 2.75) is 59.4 Å². The maximum absolute atomic E-state index is 9.40. The van der Waals surface area contributed by atoms with Crippen LogP contribution < -0.4 is 14.2 Å². The van der Waals surface area contributed by atoms with Gasteiger partial charge in [0, 0.05) is 42.7 Å². The summed E-state index contributed by atoms with van der Waals surface area (Å²) in [6.07, 6.45) is 6.90. The van der Waals surface area contributed by atoms with Crippen LogP contribution in [0.4, 0.5) is 0 Å². The maximum atomic E-state index is 9.40. The van der Waals surface area contributed by atoms with Gasteiger partial charge in [0.1, 0.15) is 41.5 Å². The molecule has 0 radical (unpaired) electrons. The van der Waals surface area contributed by atoms with Gasteiger partial charge in [0.2, 0.25) is 0 Å². The van der Waals surface area contributed by atoms with Gasteiger partial charge in [0.25, 0.3) is 0 Å². The quantitative estimate of drug-likeness (QED) is 0.0900. The third-order valence-electron chi connectivity index (χ3n) is 10.1. The van der Waals surface area contributed by atoms with Crippen molar-refractivity contribution in [1.29, 1.82) is 5.26 Å². The second-order valence-electron chi connectivity index (χ2n) is 14.2. The Labute approximate surface area is 332 Å². The monoisotopic (exact) mass is 771 g/mol. The highest BCUT2D eigenvalue weighted by Crippen LogP contribution is 2.37. The molecule has 0 aliphatic carbocycles. The summed E-state index contributed by atoms with van der Waals surface area (Å²) < 4.78 is 20.3. The van der Waals surface area contributed by atoms with Crippen LogP contribution in [0, 0.1) is 25.2 Å². The van der Waals surface area contributed by atoms with E-state index in [9.17, 15) is 5.26 Å². The summed E-state index contributed by atoms with van der Waals surface area (Å²) in [6.45, 7) is 10.3. The summed E-state index contributed by atoms with van der Waals surface area (Å²) in [5.41, 5.74) is 8.84. The molecule has 1 fully saturated rings. The molecule has 1 aliphatic heterocycles. The molecule has 282 valence electrons. The topological polar surface area (TPSA) is 83.7 Å². The standard InChI is InChI=1S/C45H46ClN5O3S/c1-31-35(11-8-12-37(31)38-13-9-15-41(32(38)2)52-20-10-19-51-17-6-7-18-51)30-54-43-23-42(53-29-34-21-33(24-47)25-48-26-34)36(22-39(43)46)27-50(3)28-45-49-40-14-4-5-16-44(40)55-45/h4-5,8-9,11-16,21-23,25-26H,6-7,10,17-20,27-30H2,1-3H3. The Hall–Kier alpha value is -4.98. The van der Waals surface area contributed by atoms with Gasteiger partial charge in [-0.05, 0) is 111 Å². The van der Waals surface area contributed by atoms with Crippen molar-refractivity contribution in [1.82, 2.24) is 19.8 Å².